The van der Waals surface area contributed by atoms with Gasteiger partial charge in [-0.1, -0.05) is 44.7 Å². The number of rotatable bonds is 7. The lowest BCUT2D eigenvalue weighted by atomic mass is 9.68. The van der Waals surface area contributed by atoms with Crippen LogP contribution in [0.25, 0.3) is 0 Å². The number of ether oxygens (including phenoxy) is 1. The fourth-order valence-corrected chi connectivity index (χ4v) is 6.15. The third kappa shape index (κ3) is 6.56. The first-order valence-electron chi connectivity index (χ1n) is 13.0. The second-order valence-electron chi connectivity index (χ2n) is 10.4. The van der Waals surface area contributed by atoms with Crippen molar-refractivity contribution in [3.8, 4) is 5.75 Å². The normalized spacial score (nSPS) is 25.9. The van der Waals surface area contributed by atoms with Gasteiger partial charge < -0.3 is 4.74 Å². The molecule has 2 fully saturated rings. The molecular weight excluding hydrogens is 459 g/mol. The first-order chi connectivity index (χ1) is 16.7. The summed E-state index contributed by atoms with van der Waals surface area (Å²) in [7, 11) is 0. The highest BCUT2D eigenvalue weighted by molar-refractivity contribution is 5.31. The fraction of sp³-hybridized carbons (Fsp3) is 0.586. The first-order valence-corrected chi connectivity index (χ1v) is 13.0. The summed E-state index contributed by atoms with van der Waals surface area (Å²) >= 11 is 0. The van der Waals surface area contributed by atoms with Crippen molar-refractivity contribution < 1.29 is 26.7 Å². The van der Waals surface area contributed by atoms with Crippen molar-refractivity contribution in [1.29, 1.82) is 0 Å². The van der Waals surface area contributed by atoms with Crippen LogP contribution in [0.15, 0.2) is 48.5 Å². The minimum absolute atomic E-state index is 0.307. The van der Waals surface area contributed by atoms with Crippen molar-refractivity contribution in [3.05, 3.63) is 65.2 Å². The molecule has 2 saturated carbocycles. The Morgan fingerprint density at radius 2 is 1.20 bits per heavy atom. The lowest BCUT2D eigenvalue weighted by Crippen LogP contribution is -2.25. The molecule has 0 unspecified atom stereocenters. The summed E-state index contributed by atoms with van der Waals surface area (Å²) in [5, 5.41) is 0. The molecule has 2 aliphatic rings. The zero-order valence-electron chi connectivity index (χ0n) is 20.3. The van der Waals surface area contributed by atoms with E-state index in [1.54, 1.807) is 12.1 Å². The Kier molecular flexibility index (Phi) is 8.07. The summed E-state index contributed by atoms with van der Waals surface area (Å²) in [6, 6.07) is 9.56. The third-order valence-electron chi connectivity index (χ3n) is 8.17. The lowest BCUT2D eigenvalue weighted by Gasteiger charge is -2.38. The van der Waals surface area contributed by atoms with Crippen LogP contribution in [0, 0.1) is 17.8 Å². The molecule has 0 N–H and O–H groups in total. The fourth-order valence-electron chi connectivity index (χ4n) is 6.15. The predicted octanol–water partition coefficient (Wildman–Crippen LogP) is 9.71. The summed E-state index contributed by atoms with van der Waals surface area (Å²) in [5.74, 6) is 2.66. The minimum Gasteiger partial charge on any atom is -0.429 e. The maximum atomic E-state index is 14.6. The molecule has 0 spiro atoms. The van der Waals surface area contributed by atoms with E-state index in [1.807, 2.05) is 0 Å². The molecule has 0 heterocycles. The van der Waals surface area contributed by atoms with E-state index in [0.717, 1.165) is 60.4 Å². The molecule has 6 heteroatoms. The highest BCUT2D eigenvalue weighted by Gasteiger charge is 2.36. The molecule has 192 valence electrons. The van der Waals surface area contributed by atoms with E-state index in [0.29, 0.717) is 5.92 Å². The molecule has 0 aromatic heterocycles. The Morgan fingerprint density at radius 1 is 0.686 bits per heavy atom. The molecule has 2 aromatic carbocycles. The van der Waals surface area contributed by atoms with Crippen LogP contribution < -0.4 is 4.74 Å². The van der Waals surface area contributed by atoms with Crippen molar-refractivity contribution in [2.24, 2.45) is 17.8 Å². The topological polar surface area (TPSA) is 9.23 Å². The summed E-state index contributed by atoms with van der Waals surface area (Å²) in [6.07, 6.45) is 4.59. The molecule has 0 saturated heterocycles. The highest BCUT2D eigenvalue weighted by Crippen LogP contribution is 2.45. The van der Waals surface area contributed by atoms with Gasteiger partial charge in [-0.25, -0.2) is 0 Å². The van der Waals surface area contributed by atoms with Crippen LogP contribution in [-0.4, -0.2) is 0 Å². The Balaban J connectivity index is 1.30. The van der Waals surface area contributed by atoms with Gasteiger partial charge in [0.1, 0.15) is 5.75 Å². The molecule has 0 aliphatic heterocycles. The third-order valence-corrected chi connectivity index (χ3v) is 8.17. The Morgan fingerprint density at radius 3 is 1.71 bits per heavy atom. The Labute approximate surface area is 205 Å². The van der Waals surface area contributed by atoms with Crippen molar-refractivity contribution >= 4 is 0 Å². The van der Waals surface area contributed by atoms with Gasteiger partial charge in [-0.3, -0.25) is 0 Å². The second kappa shape index (κ2) is 10.9. The smallest absolute Gasteiger partial charge is 0.426 e. The zero-order valence-corrected chi connectivity index (χ0v) is 20.3. The molecule has 0 radical (unpaired) electrons. The monoisotopic (exact) mass is 494 g/mol. The molecule has 2 aliphatic carbocycles. The van der Waals surface area contributed by atoms with Gasteiger partial charge >= 0.3 is 12.3 Å². The number of hydrogen-bond acceptors (Lipinski definition) is 1. The summed E-state index contributed by atoms with van der Waals surface area (Å²) in [4.78, 5) is 0. The maximum absolute atomic E-state index is 14.6. The molecular formula is C29H35F5O. The van der Waals surface area contributed by atoms with Gasteiger partial charge in [0.2, 0.25) is 0 Å². The van der Waals surface area contributed by atoms with Gasteiger partial charge in [0.05, 0.1) is 11.1 Å². The van der Waals surface area contributed by atoms with Crippen LogP contribution in [0.3, 0.4) is 0 Å². The molecule has 1 nitrogen and oxygen atoms in total. The van der Waals surface area contributed by atoms with Crippen molar-refractivity contribution in [2.75, 3.05) is 0 Å². The maximum Gasteiger partial charge on any atom is 0.426 e. The SMILES string of the molecule is CCCC1CCC(C2CCC(c3ccc(C(F)(F)Oc4ccc(C(F)(F)F)cc4)cc3)CC2)CC1. The van der Waals surface area contributed by atoms with Gasteiger partial charge in [-0.05, 0) is 104 Å². The van der Waals surface area contributed by atoms with E-state index in [9.17, 15) is 22.0 Å². The number of benzene rings is 2. The van der Waals surface area contributed by atoms with Gasteiger partial charge in [0.25, 0.3) is 0 Å². The molecule has 0 bridgehead atoms. The molecule has 0 atom stereocenters. The molecule has 0 amide bonds. The van der Waals surface area contributed by atoms with Crippen LogP contribution >= 0.6 is 0 Å². The van der Waals surface area contributed by atoms with Crippen LogP contribution in [0.1, 0.15) is 93.7 Å². The van der Waals surface area contributed by atoms with E-state index in [-0.39, 0.29) is 11.3 Å². The van der Waals surface area contributed by atoms with Gasteiger partial charge in [0.15, 0.2) is 0 Å². The van der Waals surface area contributed by atoms with E-state index >= 15 is 0 Å². The molecule has 4 rings (SSSR count). The summed E-state index contributed by atoms with van der Waals surface area (Å²) in [5.41, 5.74) is -0.140. The Bertz CT molecular complexity index is 919. The average Bonchev–Trinajstić information content (AvgIpc) is 2.84. The lowest BCUT2D eigenvalue weighted by molar-refractivity contribution is -0.185. The largest absolute Gasteiger partial charge is 0.429 e. The van der Waals surface area contributed by atoms with Crippen molar-refractivity contribution in [2.45, 2.75) is 89.3 Å². The van der Waals surface area contributed by atoms with Gasteiger partial charge in [0, 0.05) is 0 Å². The quantitative estimate of drug-likeness (QED) is 0.348. The van der Waals surface area contributed by atoms with Crippen LogP contribution in [0.5, 0.6) is 5.75 Å². The summed E-state index contributed by atoms with van der Waals surface area (Å²) < 4.78 is 72.1. The van der Waals surface area contributed by atoms with Crippen LogP contribution in [0.2, 0.25) is 0 Å². The van der Waals surface area contributed by atoms with E-state index in [1.165, 1.54) is 63.5 Å². The number of alkyl halides is 5. The molecule has 2 aromatic rings. The Hall–Kier alpha value is -2.11. The average molecular weight is 495 g/mol. The number of halogens is 5. The minimum atomic E-state index is -4.52. The van der Waals surface area contributed by atoms with Gasteiger partial charge in [-0.15, -0.1) is 0 Å². The first kappa shape index (κ1) is 26.0. The van der Waals surface area contributed by atoms with Crippen molar-refractivity contribution in [1.82, 2.24) is 0 Å². The second-order valence-corrected chi connectivity index (χ2v) is 10.4. The standard InChI is InChI=1S/C29H35F5O/c1-2-3-20-4-6-21(7-5-20)22-8-10-23(11-9-22)24-12-14-26(15-13-24)29(33,34)35-27-18-16-25(17-19-27)28(30,31)32/h12-23H,2-11H2,1H3. The van der Waals surface area contributed by atoms with Gasteiger partial charge in [-0.2, -0.15) is 22.0 Å². The summed E-state index contributed by atoms with van der Waals surface area (Å²) in [6.45, 7) is 2.27. The van der Waals surface area contributed by atoms with E-state index < -0.39 is 17.8 Å². The zero-order chi connectivity index (χ0) is 25.1. The highest BCUT2D eigenvalue weighted by atomic mass is 19.4. The van der Waals surface area contributed by atoms with E-state index in [2.05, 4.69) is 6.92 Å². The molecule has 35 heavy (non-hydrogen) atoms. The predicted molar refractivity (Wildman–Crippen MR) is 127 cm³/mol. The van der Waals surface area contributed by atoms with Crippen LogP contribution in [0.4, 0.5) is 22.0 Å². The van der Waals surface area contributed by atoms with Crippen molar-refractivity contribution in [3.63, 3.8) is 0 Å². The van der Waals surface area contributed by atoms with E-state index in [4.69, 9.17) is 4.74 Å². The number of hydrogen-bond donors (Lipinski definition) is 0. The van der Waals surface area contributed by atoms with Crippen LogP contribution in [-0.2, 0) is 12.3 Å².